The maximum absolute atomic E-state index is 10.9. The Balaban J connectivity index is 2.62. The van der Waals surface area contributed by atoms with Gasteiger partial charge in [-0.2, -0.15) is 0 Å². The Morgan fingerprint density at radius 3 is 2.69 bits per heavy atom. The van der Waals surface area contributed by atoms with Crippen LogP contribution in [-0.2, 0) is 9.53 Å². The number of rotatable bonds is 4. The third-order valence-corrected chi connectivity index (χ3v) is 2.92. The molecule has 0 saturated carbocycles. The summed E-state index contributed by atoms with van der Waals surface area (Å²) >= 11 is 11.6. The molecule has 1 N–H and O–H groups in total. The highest BCUT2D eigenvalue weighted by Crippen LogP contribution is 2.27. The maximum atomic E-state index is 10.9. The van der Waals surface area contributed by atoms with Crippen LogP contribution in [0.1, 0.15) is 24.5 Å². The second-order valence-electron chi connectivity index (χ2n) is 3.30. The number of halogens is 2. The second kappa shape index (κ2) is 6.09. The van der Waals surface area contributed by atoms with E-state index >= 15 is 0 Å². The van der Waals surface area contributed by atoms with Gasteiger partial charge in [0, 0.05) is 6.42 Å². The molecule has 88 valence electrons. The van der Waals surface area contributed by atoms with Crippen LogP contribution in [0, 0.1) is 0 Å². The van der Waals surface area contributed by atoms with E-state index < -0.39 is 6.10 Å². The zero-order chi connectivity index (χ0) is 12.1. The lowest BCUT2D eigenvalue weighted by Gasteiger charge is -2.10. The molecule has 3 nitrogen and oxygen atoms in total. The average molecular weight is 263 g/mol. The van der Waals surface area contributed by atoms with Crippen molar-refractivity contribution in [3.05, 3.63) is 33.8 Å². The predicted molar refractivity (Wildman–Crippen MR) is 62.7 cm³/mol. The summed E-state index contributed by atoms with van der Waals surface area (Å²) in [7, 11) is 1.31. The van der Waals surface area contributed by atoms with E-state index in [0.717, 1.165) is 0 Å². The van der Waals surface area contributed by atoms with Crippen molar-refractivity contribution >= 4 is 29.2 Å². The van der Waals surface area contributed by atoms with Gasteiger partial charge in [0.1, 0.15) is 0 Å². The Kier molecular flexibility index (Phi) is 5.06. The van der Waals surface area contributed by atoms with Gasteiger partial charge in [0.15, 0.2) is 0 Å². The van der Waals surface area contributed by atoms with Crippen LogP contribution in [0.25, 0.3) is 0 Å². The Hall–Kier alpha value is -0.770. The average Bonchev–Trinajstić information content (AvgIpc) is 2.29. The third-order valence-electron chi connectivity index (χ3n) is 2.18. The normalized spacial score (nSPS) is 12.2. The van der Waals surface area contributed by atoms with Crippen LogP contribution in [0.2, 0.25) is 10.0 Å². The highest BCUT2D eigenvalue weighted by molar-refractivity contribution is 6.42. The summed E-state index contributed by atoms with van der Waals surface area (Å²) in [6, 6.07) is 4.88. The molecular weight excluding hydrogens is 251 g/mol. The Labute approximate surface area is 104 Å². The molecule has 0 spiro atoms. The fraction of sp³-hybridized carbons (Fsp3) is 0.364. The molecule has 1 aromatic carbocycles. The number of hydrogen-bond donors (Lipinski definition) is 1. The molecule has 1 aromatic rings. The molecule has 0 aliphatic heterocycles. The van der Waals surface area contributed by atoms with Crippen molar-refractivity contribution < 1.29 is 14.6 Å². The zero-order valence-electron chi connectivity index (χ0n) is 8.74. The van der Waals surface area contributed by atoms with Crippen LogP contribution in [-0.4, -0.2) is 18.2 Å². The Morgan fingerprint density at radius 2 is 2.12 bits per heavy atom. The van der Waals surface area contributed by atoms with E-state index in [9.17, 15) is 9.90 Å². The van der Waals surface area contributed by atoms with Crippen LogP contribution < -0.4 is 0 Å². The van der Waals surface area contributed by atoms with E-state index in [1.807, 2.05) is 0 Å². The Morgan fingerprint density at radius 1 is 1.44 bits per heavy atom. The van der Waals surface area contributed by atoms with Gasteiger partial charge >= 0.3 is 5.97 Å². The first-order valence-electron chi connectivity index (χ1n) is 4.74. The number of methoxy groups -OCH3 is 1. The van der Waals surface area contributed by atoms with Crippen molar-refractivity contribution in [3.63, 3.8) is 0 Å². The van der Waals surface area contributed by atoms with Crippen molar-refractivity contribution in [2.45, 2.75) is 18.9 Å². The van der Waals surface area contributed by atoms with Gasteiger partial charge in [-0.1, -0.05) is 29.3 Å². The molecule has 0 aromatic heterocycles. The summed E-state index contributed by atoms with van der Waals surface area (Å²) in [5.74, 6) is -0.348. The molecule has 0 heterocycles. The minimum absolute atomic E-state index is 0.165. The van der Waals surface area contributed by atoms with E-state index in [1.54, 1.807) is 18.2 Å². The first-order valence-corrected chi connectivity index (χ1v) is 5.50. The SMILES string of the molecule is COC(=O)CCC(O)c1ccc(Cl)c(Cl)c1. The smallest absolute Gasteiger partial charge is 0.305 e. The number of carbonyl (C=O) groups excluding carboxylic acids is 1. The van der Waals surface area contributed by atoms with Crippen molar-refractivity contribution in [1.82, 2.24) is 0 Å². The molecule has 0 fully saturated rings. The molecule has 0 aliphatic carbocycles. The molecule has 1 unspecified atom stereocenters. The largest absolute Gasteiger partial charge is 0.469 e. The lowest BCUT2D eigenvalue weighted by atomic mass is 10.1. The highest BCUT2D eigenvalue weighted by Gasteiger charge is 2.11. The second-order valence-corrected chi connectivity index (χ2v) is 4.12. The molecule has 1 rings (SSSR count). The first kappa shape index (κ1) is 13.3. The highest BCUT2D eigenvalue weighted by atomic mass is 35.5. The van der Waals surface area contributed by atoms with E-state index in [0.29, 0.717) is 22.0 Å². The third kappa shape index (κ3) is 3.67. The summed E-state index contributed by atoms with van der Waals surface area (Å²) < 4.78 is 4.48. The Bertz CT molecular complexity index is 379. The van der Waals surface area contributed by atoms with Crippen molar-refractivity contribution in [2.75, 3.05) is 7.11 Å². The van der Waals surface area contributed by atoms with Gasteiger partial charge < -0.3 is 9.84 Å². The number of esters is 1. The van der Waals surface area contributed by atoms with Gasteiger partial charge in [0.05, 0.1) is 23.3 Å². The number of aliphatic hydroxyl groups is 1. The van der Waals surface area contributed by atoms with Crippen molar-refractivity contribution in [3.8, 4) is 0 Å². The zero-order valence-corrected chi connectivity index (χ0v) is 10.3. The number of benzene rings is 1. The van der Waals surface area contributed by atoms with Crippen LogP contribution in [0.5, 0.6) is 0 Å². The van der Waals surface area contributed by atoms with Crippen LogP contribution >= 0.6 is 23.2 Å². The first-order chi connectivity index (χ1) is 7.54. The van der Waals surface area contributed by atoms with Gasteiger partial charge in [-0.25, -0.2) is 0 Å². The number of hydrogen-bond acceptors (Lipinski definition) is 3. The van der Waals surface area contributed by atoms with E-state index in [2.05, 4.69) is 4.74 Å². The molecule has 0 amide bonds. The van der Waals surface area contributed by atoms with Crippen LogP contribution in [0.15, 0.2) is 18.2 Å². The monoisotopic (exact) mass is 262 g/mol. The van der Waals surface area contributed by atoms with Gasteiger partial charge in [-0.15, -0.1) is 0 Å². The topological polar surface area (TPSA) is 46.5 Å². The predicted octanol–water partition coefficient (Wildman–Crippen LogP) is 2.98. The number of carbonyl (C=O) groups is 1. The van der Waals surface area contributed by atoms with E-state index in [-0.39, 0.29) is 12.4 Å². The van der Waals surface area contributed by atoms with Gasteiger partial charge in [-0.3, -0.25) is 4.79 Å². The molecule has 0 radical (unpaired) electrons. The standard InChI is InChI=1S/C11H12Cl2O3/c1-16-11(15)5-4-10(14)7-2-3-8(12)9(13)6-7/h2-3,6,10,14H,4-5H2,1H3. The van der Waals surface area contributed by atoms with Crippen LogP contribution in [0.3, 0.4) is 0 Å². The quantitative estimate of drug-likeness (QED) is 0.849. The fourth-order valence-corrected chi connectivity index (χ4v) is 1.55. The summed E-state index contributed by atoms with van der Waals surface area (Å²) in [6.45, 7) is 0. The minimum Gasteiger partial charge on any atom is -0.469 e. The van der Waals surface area contributed by atoms with E-state index in [1.165, 1.54) is 7.11 Å². The lowest BCUT2D eigenvalue weighted by Crippen LogP contribution is -2.04. The fourth-order valence-electron chi connectivity index (χ4n) is 1.24. The summed E-state index contributed by atoms with van der Waals surface area (Å²) in [5, 5.41) is 10.6. The number of aliphatic hydroxyl groups excluding tert-OH is 1. The van der Waals surface area contributed by atoms with Gasteiger partial charge in [0.25, 0.3) is 0 Å². The van der Waals surface area contributed by atoms with Crippen molar-refractivity contribution in [2.24, 2.45) is 0 Å². The summed E-state index contributed by atoms with van der Waals surface area (Å²) in [4.78, 5) is 10.9. The molecule has 0 aliphatic rings. The van der Waals surface area contributed by atoms with Gasteiger partial charge in [-0.05, 0) is 24.1 Å². The lowest BCUT2D eigenvalue weighted by molar-refractivity contribution is -0.141. The van der Waals surface area contributed by atoms with Crippen molar-refractivity contribution in [1.29, 1.82) is 0 Å². The maximum Gasteiger partial charge on any atom is 0.305 e. The molecule has 0 bridgehead atoms. The molecule has 5 heteroatoms. The molecule has 16 heavy (non-hydrogen) atoms. The summed E-state index contributed by atoms with van der Waals surface area (Å²) in [6.07, 6.45) is -0.281. The summed E-state index contributed by atoms with van der Waals surface area (Å²) in [5.41, 5.74) is 0.637. The van der Waals surface area contributed by atoms with E-state index in [4.69, 9.17) is 23.2 Å². The molecule has 1 atom stereocenters. The molecular formula is C11H12Cl2O3. The van der Waals surface area contributed by atoms with Crippen LogP contribution in [0.4, 0.5) is 0 Å². The molecule has 0 saturated heterocycles. The minimum atomic E-state index is -0.742. The van der Waals surface area contributed by atoms with Gasteiger partial charge in [0.2, 0.25) is 0 Å². The number of ether oxygens (including phenoxy) is 1.